The highest BCUT2D eigenvalue weighted by molar-refractivity contribution is 5.74. The van der Waals surface area contributed by atoms with Gasteiger partial charge in [-0.2, -0.15) is 10.2 Å². The largest absolute Gasteiger partial charge is 0.487 e. The zero-order chi connectivity index (χ0) is 15.2. The Morgan fingerprint density at radius 3 is 2.76 bits per heavy atom. The maximum Gasteiger partial charge on any atom is 0.222 e. The van der Waals surface area contributed by atoms with Crippen molar-refractivity contribution in [3.05, 3.63) is 29.3 Å². The first-order valence-electron chi connectivity index (χ1n) is 6.55. The molecule has 0 spiro atoms. The van der Waals surface area contributed by atoms with Crippen LogP contribution >= 0.6 is 0 Å². The third-order valence-electron chi connectivity index (χ3n) is 3.40. The van der Waals surface area contributed by atoms with Crippen molar-refractivity contribution in [3.8, 4) is 23.1 Å². The minimum Gasteiger partial charge on any atom is -0.487 e. The number of benzene rings is 1. The summed E-state index contributed by atoms with van der Waals surface area (Å²) < 4.78 is 5.84. The van der Waals surface area contributed by atoms with Crippen molar-refractivity contribution in [2.45, 2.75) is 25.9 Å². The lowest BCUT2D eigenvalue weighted by Crippen LogP contribution is -2.24. The van der Waals surface area contributed by atoms with Crippen LogP contribution in [0.1, 0.15) is 25.0 Å². The van der Waals surface area contributed by atoms with Gasteiger partial charge < -0.3 is 16.2 Å². The second kappa shape index (κ2) is 4.35. The molecule has 0 fully saturated rings. The van der Waals surface area contributed by atoms with Crippen molar-refractivity contribution in [2.75, 3.05) is 11.5 Å². The number of rotatable bonds is 1. The quantitative estimate of drug-likeness (QED) is 0.825. The standard InChI is InChI=1S/C15H15N5O/c1-15(2)6-9-5-8(3-4-11(9)21-15)12-10(7-16)13(17)20-14(18)19-12/h3-5H,6H2,1-2H3,(H4,17,18,19,20). The maximum atomic E-state index is 9.25. The summed E-state index contributed by atoms with van der Waals surface area (Å²) >= 11 is 0. The molecule has 2 heterocycles. The summed E-state index contributed by atoms with van der Waals surface area (Å²) in [4.78, 5) is 7.98. The molecule has 0 amide bonds. The first kappa shape index (κ1) is 13.2. The highest BCUT2D eigenvalue weighted by atomic mass is 16.5. The molecule has 0 radical (unpaired) electrons. The molecule has 0 saturated carbocycles. The van der Waals surface area contributed by atoms with E-state index in [9.17, 15) is 5.26 Å². The van der Waals surface area contributed by atoms with E-state index < -0.39 is 0 Å². The zero-order valence-corrected chi connectivity index (χ0v) is 11.8. The van der Waals surface area contributed by atoms with E-state index in [1.54, 1.807) is 0 Å². The predicted octanol–water partition coefficient (Wildman–Crippen LogP) is 1.89. The summed E-state index contributed by atoms with van der Waals surface area (Å²) in [7, 11) is 0. The van der Waals surface area contributed by atoms with Gasteiger partial charge in [0.05, 0.1) is 5.69 Å². The van der Waals surface area contributed by atoms with Gasteiger partial charge in [-0.1, -0.05) is 0 Å². The molecular formula is C15H15N5O. The molecule has 0 atom stereocenters. The van der Waals surface area contributed by atoms with E-state index in [0.717, 1.165) is 23.3 Å². The number of hydrogen-bond acceptors (Lipinski definition) is 6. The maximum absolute atomic E-state index is 9.25. The van der Waals surface area contributed by atoms with Gasteiger partial charge in [0.25, 0.3) is 0 Å². The van der Waals surface area contributed by atoms with Gasteiger partial charge in [-0.25, -0.2) is 4.98 Å². The summed E-state index contributed by atoms with van der Waals surface area (Å²) in [5.41, 5.74) is 13.7. The molecule has 1 aliphatic heterocycles. The summed E-state index contributed by atoms with van der Waals surface area (Å²) in [6, 6.07) is 7.73. The Balaban J connectivity index is 2.14. The number of nitrogens with zero attached hydrogens (tertiary/aromatic N) is 3. The third kappa shape index (κ3) is 2.23. The van der Waals surface area contributed by atoms with Crippen LogP contribution in [0.2, 0.25) is 0 Å². The predicted molar refractivity (Wildman–Crippen MR) is 79.4 cm³/mol. The number of hydrogen-bond donors (Lipinski definition) is 2. The number of nitriles is 1. The average Bonchev–Trinajstić information content (AvgIpc) is 2.70. The van der Waals surface area contributed by atoms with Crippen molar-refractivity contribution >= 4 is 11.8 Å². The molecule has 3 rings (SSSR count). The summed E-state index contributed by atoms with van der Waals surface area (Å²) in [5, 5.41) is 9.25. The van der Waals surface area contributed by atoms with Crippen LogP contribution in [-0.2, 0) is 6.42 Å². The Labute approximate surface area is 122 Å². The lowest BCUT2D eigenvalue weighted by molar-refractivity contribution is 0.138. The number of fused-ring (bicyclic) bond motifs is 1. The molecule has 1 aromatic heterocycles. The monoisotopic (exact) mass is 281 g/mol. The number of nitrogens with two attached hydrogens (primary N) is 2. The van der Waals surface area contributed by atoms with Crippen molar-refractivity contribution in [1.29, 1.82) is 5.26 Å². The molecule has 0 bridgehead atoms. The molecular weight excluding hydrogens is 266 g/mol. The second-order valence-corrected chi connectivity index (χ2v) is 5.66. The van der Waals surface area contributed by atoms with Crippen LogP contribution in [-0.4, -0.2) is 15.6 Å². The minimum atomic E-state index is -0.220. The molecule has 21 heavy (non-hydrogen) atoms. The average molecular weight is 281 g/mol. The summed E-state index contributed by atoms with van der Waals surface area (Å²) in [6.07, 6.45) is 0.800. The molecule has 4 N–H and O–H groups in total. The number of aromatic nitrogens is 2. The number of nitrogen functional groups attached to an aromatic ring is 2. The fraction of sp³-hybridized carbons (Fsp3) is 0.267. The zero-order valence-electron chi connectivity index (χ0n) is 11.8. The second-order valence-electron chi connectivity index (χ2n) is 5.66. The first-order valence-corrected chi connectivity index (χ1v) is 6.55. The van der Waals surface area contributed by atoms with Gasteiger partial charge in [-0.05, 0) is 37.6 Å². The smallest absolute Gasteiger partial charge is 0.222 e. The van der Waals surface area contributed by atoms with Crippen molar-refractivity contribution in [3.63, 3.8) is 0 Å². The molecule has 6 nitrogen and oxygen atoms in total. The van der Waals surface area contributed by atoms with Crippen LogP contribution in [0.5, 0.6) is 5.75 Å². The molecule has 0 aliphatic carbocycles. The van der Waals surface area contributed by atoms with Crippen LogP contribution in [0.25, 0.3) is 11.3 Å². The van der Waals surface area contributed by atoms with Crippen LogP contribution < -0.4 is 16.2 Å². The van der Waals surface area contributed by atoms with Crippen molar-refractivity contribution in [2.24, 2.45) is 0 Å². The van der Waals surface area contributed by atoms with Gasteiger partial charge in [0, 0.05) is 12.0 Å². The summed E-state index contributed by atoms with van der Waals surface area (Å²) in [5.74, 6) is 1.01. The Bertz CT molecular complexity index is 776. The molecule has 1 aromatic carbocycles. The number of ether oxygens (including phenoxy) is 1. The van der Waals surface area contributed by atoms with Gasteiger partial charge in [-0.15, -0.1) is 0 Å². The fourth-order valence-electron chi connectivity index (χ4n) is 2.57. The SMILES string of the molecule is CC1(C)Cc2cc(-c3nc(N)nc(N)c3C#N)ccc2O1. The van der Waals surface area contributed by atoms with Gasteiger partial charge in [0.15, 0.2) is 0 Å². The highest BCUT2D eigenvalue weighted by Gasteiger charge is 2.30. The molecule has 6 heteroatoms. The molecule has 1 aliphatic rings. The normalized spacial score (nSPS) is 15.1. The summed E-state index contributed by atoms with van der Waals surface area (Å²) in [6.45, 7) is 4.07. The Kier molecular flexibility index (Phi) is 2.73. The van der Waals surface area contributed by atoms with E-state index in [-0.39, 0.29) is 22.9 Å². The molecule has 0 unspecified atom stereocenters. The van der Waals surface area contributed by atoms with Crippen LogP contribution in [0.4, 0.5) is 11.8 Å². The molecule has 0 saturated heterocycles. The Hall–Kier alpha value is -2.81. The van der Waals surface area contributed by atoms with Gasteiger partial charge >= 0.3 is 0 Å². The minimum absolute atomic E-state index is 0.0542. The van der Waals surface area contributed by atoms with Gasteiger partial charge in [0.1, 0.15) is 28.8 Å². The molecule has 2 aromatic rings. The van der Waals surface area contributed by atoms with Crippen LogP contribution in [0.15, 0.2) is 18.2 Å². The van der Waals surface area contributed by atoms with E-state index in [4.69, 9.17) is 16.2 Å². The topological polar surface area (TPSA) is 111 Å². The van der Waals surface area contributed by atoms with Gasteiger partial charge in [0.2, 0.25) is 5.95 Å². The Morgan fingerprint density at radius 1 is 1.29 bits per heavy atom. The molecule has 106 valence electrons. The lowest BCUT2D eigenvalue weighted by Gasteiger charge is -2.16. The number of anilines is 2. The van der Waals surface area contributed by atoms with Gasteiger partial charge in [-0.3, -0.25) is 0 Å². The van der Waals surface area contributed by atoms with Crippen LogP contribution in [0, 0.1) is 11.3 Å². The van der Waals surface area contributed by atoms with E-state index in [0.29, 0.717) is 5.69 Å². The first-order chi connectivity index (χ1) is 9.89. The van der Waals surface area contributed by atoms with Crippen LogP contribution in [0.3, 0.4) is 0 Å². The fourth-order valence-corrected chi connectivity index (χ4v) is 2.57. The van der Waals surface area contributed by atoms with E-state index >= 15 is 0 Å². The Morgan fingerprint density at radius 2 is 2.05 bits per heavy atom. The van der Waals surface area contributed by atoms with E-state index in [2.05, 4.69) is 9.97 Å². The van der Waals surface area contributed by atoms with E-state index in [1.807, 2.05) is 38.1 Å². The highest BCUT2D eigenvalue weighted by Crippen LogP contribution is 2.37. The van der Waals surface area contributed by atoms with Crippen molar-refractivity contribution in [1.82, 2.24) is 9.97 Å². The van der Waals surface area contributed by atoms with E-state index in [1.165, 1.54) is 0 Å². The van der Waals surface area contributed by atoms with Crippen molar-refractivity contribution < 1.29 is 4.74 Å². The third-order valence-corrected chi connectivity index (χ3v) is 3.40. The lowest BCUT2D eigenvalue weighted by atomic mass is 9.98.